The van der Waals surface area contributed by atoms with Gasteiger partial charge in [-0.25, -0.2) is 4.79 Å². The van der Waals surface area contributed by atoms with E-state index >= 15 is 0 Å². The minimum absolute atomic E-state index is 0.0267. The van der Waals surface area contributed by atoms with E-state index in [0.29, 0.717) is 11.4 Å². The zero-order valence-corrected chi connectivity index (χ0v) is 23.6. The average molecular weight is 577 g/mol. The van der Waals surface area contributed by atoms with Gasteiger partial charge in [0.05, 0.1) is 29.2 Å². The number of thiazole rings is 1. The predicted molar refractivity (Wildman–Crippen MR) is 151 cm³/mol. The average Bonchev–Trinajstić information content (AvgIpc) is 3.67. The Balaban J connectivity index is 1.25. The lowest BCUT2D eigenvalue weighted by Gasteiger charge is -2.43. The summed E-state index contributed by atoms with van der Waals surface area (Å²) < 4.78 is 10.7. The van der Waals surface area contributed by atoms with Gasteiger partial charge in [0.2, 0.25) is 11.8 Å². The Morgan fingerprint density at radius 2 is 1.80 bits per heavy atom. The molecular formula is C30H28N2O6S2. The van der Waals surface area contributed by atoms with E-state index in [-0.39, 0.29) is 70.7 Å². The number of carbonyl (C=O) groups excluding carboxylic acids is 3. The first-order valence-corrected chi connectivity index (χ1v) is 15.3. The van der Waals surface area contributed by atoms with Gasteiger partial charge in [-0.1, -0.05) is 41.2 Å². The Bertz CT molecular complexity index is 1580. The van der Waals surface area contributed by atoms with E-state index in [2.05, 4.69) is 4.98 Å². The maximum Gasteiger partial charge on any atom is 0.344 e. The third kappa shape index (κ3) is 3.87. The van der Waals surface area contributed by atoms with Crippen LogP contribution in [0.4, 0.5) is 5.69 Å². The molecular weight excluding hydrogens is 548 g/mol. The highest BCUT2D eigenvalue weighted by Gasteiger charge is 2.69. The Morgan fingerprint density at radius 1 is 1.05 bits per heavy atom. The third-order valence-corrected chi connectivity index (χ3v) is 11.5. The molecule has 2 aliphatic carbocycles. The van der Waals surface area contributed by atoms with E-state index in [9.17, 15) is 19.2 Å². The van der Waals surface area contributed by atoms with Crippen molar-refractivity contribution in [2.24, 2.45) is 29.6 Å². The van der Waals surface area contributed by atoms with Gasteiger partial charge in [0.15, 0.2) is 6.61 Å². The monoisotopic (exact) mass is 576 g/mol. The summed E-state index contributed by atoms with van der Waals surface area (Å²) in [6, 6.07) is 15.2. The van der Waals surface area contributed by atoms with Crippen LogP contribution in [0.2, 0.25) is 0 Å². The minimum Gasteiger partial charge on any atom is -0.482 e. The van der Waals surface area contributed by atoms with E-state index < -0.39 is 5.97 Å². The number of benzene rings is 2. The number of fused-ring (bicyclic) bond motifs is 9. The van der Waals surface area contributed by atoms with Crippen LogP contribution in [0.1, 0.15) is 35.3 Å². The standard InChI is InChI=1S/C30H28N2O6S2/c1-3-37-20(33)13-38-17-6-4-5-15(11-17)21-22-18-12-19(25(22)39-27-26(21)40-30(36)31-27)24-23(18)28(34)32(29(24)35)16-9-7-14(2)8-10-16/h4-11,18-19,21-25H,3,12-13H2,1-2H3,(H,31,36)/t18-,19-,21+,22-,23+,24+,25-/m1/s1. The summed E-state index contributed by atoms with van der Waals surface area (Å²) in [6.07, 6.45) is 0.825. The Labute approximate surface area is 239 Å². The highest BCUT2D eigenvalue weighted by Crippen LogP contribution is 2.68. The Morgan fingerprint density at radius 3 is 2.55 bits per heavy atom. The number of aromatic amines is 1. The van der Waals surface area contributed by atoms with Crippen molar-refractivity contribution in [3.05, 3.63) is 74.2 Å². The molecule has 3 aromatic rings. The molecule has 7 atom stereocenters. The maximum absolute atomic E-state index is 13.9. The number of thioether (sulfide) groups is 1. The van der Waals surface area contributed by atoms with Gasteiger partial charge in [-0.05, 0) is 67.9 Å². The number of amides is 2. The highest BCUT2D eigenvalue weighted by molar-refractivity contribution is 8.00. The smallest absolute Gasteiger partial charge is 0.344 e. The van der Waals surface area contributed by atoms with Crippen molar-refractivity contribution in [1.29, 1.82) is 0 Å². The van der Waals surface area contributed by atoms with Crippen LogP contribution in [0, 0.1) is 36.5 Å². The molecule has 2 amide bonds. The van der Waals surface area contributed by atoms with Crippen molar-refractivity contribution in [3.8, 4) is 5.75 Å². The highest BCUT2D eigenvalue weighted by atomic mass is 32.2. The van der Waals surface area contributed by atoms with Gasteiger partial charge < -0.3 is 14.5 Å². The van der Waals surface area contributed by atoms with Crippen molar-refractivity contribution in [1.82, 2.24) is 4.98 Å². The molecule has 10 heteroatoms. The SMILES string of the molecule is CCOC(=O)COc1cccc([C@@H]2c3sc(=O)[nH]c3S[C@@H]3[C@@H]4C[C@@H]([C@@H]5C(=O)N(c6ccc(C)cc6)C(=O)[C@@H]45)[C@H]23)c1. The van der Waals surface area contributed by atoms with Gasteiger partial charge in [0, 0.05) is 16.0 Å². The topological polar surface area (TPSA) is 106 Å². The van der Waals surface area contributed by atoms with Gasteiger partial charge in [0.1, 0.15) is 5.75 Å². The number of anilines is 1. The number of aromatic nitrogens is 1. The maximum atomic E-state index is 13.9. The molecule has 2 saturated carbocycles. The first-order chi connectivity index (χ1) is 19.4. The van der Waals surface area contributed by atoms with Crippen LogP contribution in [0.3, 0.4) is 0 Å². The number of imide groups is 1. The summed E-state index contributed by atoms with van der Waals surface area (Å²) in [5.41, 5.74) is 2.68. The number of esters is 1. The minimum atomic E-state index is -0.435. The van der Waals surface area contributed by atoms with Crippen molar-refractivity contribution in [3.63, 3.8) is 0 Å². The summed E-state index contributed by atoms with van der Waals surface area (Å²) in [4.78, 5) is 57.3. The number of hydrogen-bond acceptors (Lipinski definition) is 8. The molecule has 0 unspecified atom stereocenters. The number of hydrogen-bond donors (Lipinski definition) is 1. The number of ether oxygens (including phenoxy) is 2. The second kappa shape index (κ2) is 9.62. The molecule has 2 bridgehead atoms. The summed E-state index contributed by atoms with van der Waals surface area (Å²) in [5, 5.41) is 0.961. The Hall–Kier alpha value is -3.37. The van der Waals surface area contributed by atoms with Gasteiger partial charge in [-0.3, -0.25) is 19.3 Å². The molecule has 2 aromatic carbocycles. The van der Waals surface area contributed by atoms with E-state index in [1.54, 1.807) is 24.8 Å². The number of H-pyrrole nitrogens is 1. The molecule has 3 heterocycles. The molecule has 2 aliphatic heterocycles. The summed E-state index contributed by atoms with van der Waals surface area (Å²) in [6.45, 7) is 3.83. The summed E-state index contributed by atoms with van der Waals surface area (Å²) in [5.74, 6) is -0.734. The van der Waals surface area contributed by atoms with Gasteiger partial charge in [-0.2, -0.15) is 0 Å². The van der Waals surface area contributed by atoms with Crippen molar-refractivity contribution >= 4 is 46.6 Å². The first-order valence-electron chi connectivity index (χ1n) is 13.6. The molecule has 4 aliphatic rings. The lowest BCUT2D eigenvalue weighted by atomic mass is 9.68. The second-order valence-corrected chi connectivity index (χ2v) is 13.2. The van der Waals surface area contributed by atoms with Crippen LogP contribution in [-0.4, -0.2) is 41.2 Å². The van der Waals surface area contributed by atoms with Crippen molar-refractivity contribution in [2.75, 3.05) is 18.1 Å². The third-order valence-electron chi connectivity index (χ3n) is 8.90. The van der Waals surface area contributed by atoms with E-state index in [4.69, 9.17) is 9.47 Å². The van der Waals surface area contributed by atoms with Crippen molar-refractivity contribution < 1.29 is 23.9 Å². The normalized spacial score (nSPS) is 29.8. The molecule has 0 spiro atoms. The molecule has 1 saturated heterocycles. The Kier molecular flexibility index (Phi) is 6.16. The number of rotatable bonds is 6. The first kappa shape index (κ1) is 25.6. The van der Waals surface area contributed by atoms with Crippen LogP contribution >= 0.6 is 23.1 Å². The number of nitrogens with one attached hydrogen (secondary N) is 1. The van der Waals surface area contributed by atoms with E-state index in [1.165, 1.54) is 16.2 Å². The lowest BCUT2D eigenvalue weighted by molar-refractivity contribution is -0.145. The zero-order valence-electron chi connectivity index (χ0n) is 22.0. The van der Waals surface area contributed by atoms with E-state index in [0.717, 1.165) is 27.5 Å². The van der Waals surface area contributed by atoms with Gasteiger partial charge >= 0.3 is 10.8 Å². The summed E-state index contributed by atoms with van der Waals surface area (Å²) in [7, 11) is 0. The molecule has 1 aromatic heterocycles. The van der Waals surface area contributed by atoms with Crippen LogP contribution in [0.5, 0.6) is 5.75 Å². The fourth-order valence-corrected chi connectivity index (χ4v) is 10.4. The number of nitrogens with zero attached hydrogens (tertiary/aromatic N) is 1. The van der Waals surface area contributed by atoms with Gasteiger partial charge in [0.25, 0.3) is 0 Å². The number of aryl methyl sites for hydroxylation is 1. The lowest BCUT2D eigenvalue weighted by Crippen LogP contribution is -2.42. The molecule has 40 heavy (non-hydrogen) atoms. The van der Waals surface area contributed by atoms with Crippen LogP contribution in [0.15, 0.2) is 58.4 Å². The zero-order chi connectivity index (χ0) is 27.7. The molecule has 7 rings (SSSR count). The quantitative estimate of drug-likeness (QED) is 0.343. The van der Waals surface area contributed by atoms with Gasteiger partial charge in [-0.15, -0.1) is 11.8 Å². The molecule has 206 valence electrons. The molecule has 3 fully saturated rings. The predicted octanol–water partition coefficient (Wildman–Crippen LogP) is 4.36. The fraction of sp³-hybridized carbons (Fsp3) is 0.400. The number of carbonyl (C=O) groups is 3. The van der Waals surface area contributed by atoms with E-state index in [1.807, 2.05) is 49.4 Å². The van der Waals surface area contributed by atoms with Crippen LogP contribution in [-0.2, 0) is 19.1 Å². The van der Waals surface area contributed by atoms with Crippen molar-refractivity contribution in [2.45, 2.75) is 36.5 Å². The second-order valence-electron chi connectivity index (χ2n) is 11.0. The molecule has 0 radical (unpaired) electrons. The van der Waals surface area contributed by atoms with Crippen LogP contribution in [0.25, 0.3) is 0 Å². The molecule has 8 nitrogen and oxygen atoms in total. The molecule has 1 N–H and O–H groups in total. The largest absolute Gasteiger partial charge is 0.482 e. The fourth-order valence-electron chi connectivity index (χ4n) is 7.48. The van der Waals surface area contributed by atoms with Crippen LogP contribution < -0.4 is 14.5 Å². The summed E-state index contributed by atoms with van der Waals surface area (Å²) >= 11 is 2.88.